The summed E-state index contributed by atoms with van der Waals surface area (Å²) in [5.41, 5.74) is 0.478. The highest BCUT2D eigenvalue weighted by Crippen LogP contribution is 2.24. The van der Waals surface area contributed by atoms with E-state index in [-0.39, 0.29) is 5.25 Å². The van der Waals surface area contributed by atoms with Crippen molar-refractivity contribution in [3.63, 3.8) is 0 Å². The summed E-state index contributed by atoms with van der Waals surface area (Å²) in [6.07, 6.45) is 15.0. The predicted molar refractivity (Wildman–Crippen MR) is 94.5 cm³/mol. The molecule has 0 aliphatic carbocycles. The Kier molecular flexibility index (Phi) is 10.4. The third-order valence-electron chi connectivity index (χ3n) is 4.39. The van der Waals surface area contributed by atoms with Gasteiger partial charge in [-0.15, -0.1) is 0 Å². The van der Waals surface area contributed by atoms with E-state index in [1.165, 1.54) is 57.4 Å². The smallest absolute Gasteiger partial charge is 0.333 e. The van der Waals surface area contributed by atoms with E-state index in [2.05, 4.69) is 6.92 Å². The molecule has 0 saturated carbocycles. The van der Waals surface area contributed by atoms with Crippen molar-refractivity contribution in [3.8, 4) is 0 Å². The van der Waals surface area contributed by atoms with Crippen LogP contribution in [0.2, 0.25) is 0 Å². The Bertz CT molecular complexity index is 406. The van der Waals surface area contributed by atoms with Crippen LogP contribution in [0.4, 0.5) is 0 Å². The normalized spacial score (nSPS) is 20.2. The van der Waals surface area contributed by atoms with Gasteiger partial charge in [0.2, 0.25) is 6.29 Å². The number of hydrogen-bond acceptors (Lipinski definition) is 4. The molecule has 0 amide bonds. The molecule has 0 fully saturated rings. The summed E-state index contributed by atoms with van der Waals surface area (Å²) >= 11 is 0. The van der Waals surface area contributed by atoms with E-state index in [0.717, 1.165) is 19.3 Å². The van der Waals surface area contributed by atoms with Gasteiger partial charge < -0.3 is 9.84 Å². The van der Waals surface area contributed by atoms with E-state index in [4.69, 9.17) is 4.74 Å². The first kappa shape index (κ1) is 20.4. The molecule has 0 bridgehead atoms. The number of carbonyl (C=O) groups excluding carboxylic acids is 1. The molecule has 1 N–H and O–H groups in total. The molecule has 23 heavy (non-hydrogen) atoms. The van der Waals surface area contributed by atoms with Crippen molar-refractivity contribution in [1.82, 2.24) is 0 Å². The molecule has 0 spiro atoms. The Labute approximate surface area is 143 Å². The van der Waals surface area contributed by atoms with Crippen LogP contribution < -0.4 is 0 Å². The number of cyclic esters (lactones) is 1. The van der Waals surface area contributed by atoms with Gasteiger partial charge in [-0.25, -0.2) is 4.79 Å². The maximum Gasteiger partial charge on any atom is 0.333 e. The standard InChI is InChI=1S/C18H32O4S/c1-3-4-5-6-7-8-9-10-11-12-13-16(23(2)21)15-14-17(19)22-18(15)20/h14,16,18,20H,3-13H2,1-2H3. The zero-order valence-corrected chi connectivity index (χ0v) is 15.4. The third kappa shape index (κ3) is 8.11. The van der Waals surface area contributed by atoms with Crippen LogP contribution in [0, 0.1) is 0 Å². The number of ether oxygens (including phenoxy) is 1. The maximum absolute atomic E-state index is 11.9. The van der Waals surface area contributed by atoms with Gasteiger partial charge in [-0.1, -0.05) is 71.1 Å². The van der Waals surface area contributed by atoms with Crippen molar-refractivity contribution in [2.75, 3.05) is 6.26 Å². The minimum Gasteiger partial charge on any atom is -0.429 e. The molecule has 134 valence electrons. The van der Waals surface area contributed by atoms with Gasteiger partial charge in [-0.05, 0) is 6.42 Å². The van der Waals surface area contributed by atoms with Crippen LogP contribution in [0.15, 0.2) is 11.6 Å². The van der Waals surface area contributed by atoms with Gasteiger partial charge in [0.15, 0.2) is 0 Å². The van der Waals surface area contributed by atoms with E-state index in [1.54, 1.807) is 6.26 Å². The summed E-state index contributed by atoms with van der Waals surface area (Å²) in [5.74, 6) is -0.536. The fraction of sp³-hybridized carbons (Fsp3) is 0.833. The molecule has 1 aliphatic rings. The highest BCUT2D eigenvalue weighted by molar-refractivity contribution is 7.85. The van der Waals surface area contributed by atoms with Crippen LogP contribution in [-0.4, -0.2) is 33.1 Å². The van der Waals surface area contributed by atoms with Gasteiger partial charge in [-0.2, -0.15) is 0 Å². The lowest BCUT2D eigenvalue weighted by molar-refractivity contribution is -0.151. The Morgan fingerprint density at radius 3 is 2.04 bits per heavy atom. The van der Waals surface area contributed by atoms with E-state index < -0.39 is 23.1 Å². The van der Waals surface area contributed by atoms with Gasteiger partial charge in [0.1, 0.15) is 0 Å². The molecule has 4 nitrogen and oxygen atoms in total. The van der Waals surface area contributed by atoms with E-state index in [9.17, 15) is 14.1 Å². The van der Waals surface area contributed by atoms with Crippen LogP contribution >= 0.6 is 0 Å². The zero-order chi connectivity index (χ0) is 17.1. The summed E-state index contributed by atoms with van der Waals surface area (Å²) < 4.78 is 16.6. The van der Waals surface area contributed by atoms with E-state index >= 15 is 0 Å². The molecule has 0 aromatic carbocycles. The summed E-state index contributed by atoms with van der Waals surface area (Å²) in [6.45, 7) is 2.24. The van der Waals surface area contributed by atoms with Crippen LogP contribution in [0.25, 0.3) is 0 Å². The van der Waals surface area contributed by atoms with Crippen molar-refractivity contribution in [3.05, 3.63) is 11.6 Å². The first-order chi connectivity index (χ1) is 11.1. The molecule has 5 heteroatoms. The molecular weight excluding hydrogens is 312 g/mol. The quantitative estimate of drug-likeness (QED) is 0.407. The Hall–Kier alpha value is -0.680. The molecule has 3 unspecified atom stereocenters. The number of aliphatic hydroxyl groups excluding tert-OH is 1. The fourth-order valence-electron chi connectivity index (χ4n) is 3.01. The second-order valence-corrected chi connectivity index (χ2v) is 7.96. The van der Waals surface area contributed by atoms with Gasteiger partial charge in [0.25, 0.3) is 0 Å². The number of rotatable bonds is 13. The zero-order valence-electron chi connectivity index (χ0n) is 14.6. The summed E-state index contributed by atoms with van der Waals surface area (Å²) in [5, 5.41) is 9.42. The van der Waals surface area contributed by atoms with E-state index in [1.807, 2.05) is 0 Å². The van der Waals surface area contributed by atoms with Gasteiger partial charge >= 0.3 is 5.97 Å². The number of carbonyl (C=O) groups is 1. The first-order valence-electron chi connectivity index (χ1n) is 8.98. The average Bonchev–Trinajstić information content (AvgIpc) is 2.83. The number of esters is 1. The predicted octanol–water partition coefficient (Wildman–Crippen LogP) is 3.85. The van der Waals surface area contributed by atoms with Crippen molar-refractivity contribution in [2.45, 2.75) is 89.1 Å². The topological polar surface area (TPSA) is 63.6 Å². The molecule has 3 atom stereocenters. The second kappa shape index (κ2) is 11.8. The molecule has 0 saturated heterocycles. The van der Waals surface area contributed by atoms with Crippen LogP contribution in [0.3, 0.4) is 0 Å². The van der Waals surface area contributed by atoms with Gasteiger partial charge in [0, 0.05) is 28.7 Å². The van der Waals surface area contributed by atoms with Crippen molar-refractivity contribution in [2.24, 2.45) is 0 Å². The number of unbranched alkanes of at least 4 members (excludes halogenated alkanes) is 9. The lowest BCUT2D eigenvalue weighted by Crippen LogP contribution is -2.24. The van der Waals surface area contributed by atoms with Crippen molar-refractivity contribution < 1.29 is 18.8 Å². The molecule has 0 radical (unpaired) electrons. The molecule has 0 aromatic rings. The minimum absolute atomic E-state index is 0.273. The Balaban J connectivity index is 2.14. The summed E-state index contributed by atoms with van der Waals surface area (Å²) in [4.78, 5) is 11.2. The number of hydrogen-bond donors (Lipinski definition) is 1. The van der Waals surface area contributed by atoms with Gasteiger partial charge in [0.05, 0.1) is 5.25 Å². The Morgan fingerprint density at radius 2 is 1.61 bits per heavy atom. The van der Waals surface area contributed by atoms with Crippen LogP contribution in [0.5, 0.6) is 0 Å². The van der Waals surface area contributed by atoms with E-state index in [0.29, 0.717) is 5.57 Å². The summed E-state index contributed by atoms with van der Waals surface area (Å²) in [6, 6.07) is 0. The fourth-order valence-corrected chi connectivity index (χ4v) is 4.08. The number of aliphatic hydroxyl groups is 1. The summed E-state index contributed by atoms with van der Waals surface area (Å²) in [7, 11) is -1.10. The molecule has 0 aromatic heterocycles. The largest absolute Gasteiger partial charge is 0.429 e. The molecule has 1 heterocycles. The first-order valence-corrected chi connectivity index (χ1v) is 10.6. The van der Waals surface area contributed by atoms with Crippen LogP contribution in [0.1, 0.15) is 77.6 Å². The average molecular weight is 345 g/mol. The van der Waals surface area contributed by atoms with Gasteiger partial charge in [-0.3, -0.25) is 4.21 Å². The second-order valence-electron chi connectivity index (χ2n) is 6.39. The maximum atomic E-state index is 11.9. The van der Waals surface area contributed by atoms with Crippen LogP contribution in [-0.2, 0) is 20.3 Å². The van der Waals surface area contributed by atoms with Crippen molar-refractivity contribution in [1.29, 1.82) is 0 Å². The highest BCUT2D eigenvalue weighted by Gasteiger charge is 2.31. The lowest BCUT2D eigenvalue weighted by Gasteiger charge is -2.17. The Morgan fingerprint density at radius 1 is 1.09 bits per heavy atom. The molecular formula is C18H32O4S. The third-order valence-corrected chi connectivity index (χ3v) is 5.70. The SMILES string of the molecule is CCCCCCCCCCCCC(C1=CC(=O)OC1O)S(C)=O. The van der Waals surface area contributed by atoms with Crippen molar-refractivity contribution >= 4 is 16.8 Å². The molecule has 1 rings (SSSR count). The highest BCUT2D eigenvalue weighted by atomic mass is 32.2. The monoisotopic (exact) mass is 344 g/mol. The minimum atomic E-state index is -1.21. The lowest BCUT2D eigenvalue weighted by atomic mass is 10.0. The molecule has 1 aliphatic heterocycles.